The molecule has 0 radical (unpaired) electrons. The minimum absolute atomic E-state index is 0.138. The molecule has 1 aliphatic carbocycles. The second-order valence-corrected chi connectivity index (χ2v) is 5.29. The number of halogens is 3. The van der Waals surface area contributed by atoms with Crippen molar-refractivity contribution in [3.63, 3.8) is 0 Å². The van der Waals surface area contributed by atoms with Crippen molar-refractivity contribution in [1.82, 2.24) is 0 Å². The lowest BCUT2D eigenvalue weighted by atomic mass is 9.94. The van der Waals surface area contributed by atoms with E-state index < -0.39 is 23.7 Å². The molecule has 2 aliphatic rings. The van der Waals surface area contributed by atoms with E-state index in [1.165, 1.54) is 24.3 Å². The average Bonchev–Trinajstić information content (AvgIpc) is 2.42. The first-order valence-electron chi connectivity index (χ1n) is 5.94. The van der Waals surface area contributed by atoms with Gasteiger partial charge in [0.1, 0.15) is 11.7 Å². The molecule has 0 N–H and O–H groups in total. The summed E-state index contributed by atoms with van der Waals surface area (Å²) in [5, 5.41) is 0.509. The molecule has 21 heavy (non-hydrogen) atoms. The molecule has 106 valence electrons. The second kappa shape index (κ2) is 5.09. The summed E-state index contributed by atoms with van der Waals surface area (Å²) in [4.78, 5) is 29.1. The normalized spacial score (nSPS) is 21.1. The first-order valence-corrected chi connectivity index (χ1v) is 6.70. The van der Waals surface area contributed by atoms with Crippen LogP contribution in [0.4, 0.5) is 14.9 Å². The van der Waals surface area contributed by atoms with E-state index in [1.807, 2.05) is 0 Å². The van der Waals surface area contributed by atoms with Gasteiger partial charge in [0, 0.05) is 5.02 Å². The Morgan fingerprint density at radius 2 is 1.95 bits per heavy atom. The maximum Gasteiger partial charge on any atom is 0.355 e. The van der Waals surface area contributed by atoms with Crippen LogP contribution < -0.4 is 4.90 Å². The lowest BCUT2D eigenvalue weighted by Crippen LogP contribution is -2.46. The van der Waals surface area contributed by atoms with Crippen molar-refractivity contribution in [2.75, 3.05) is 4.90 Å². The zero-order chi connectivity index (χ0) is 15.1. The van der Waals surface area contributed by atoms with Crippen molar-refractivity contribution in [3.05, 3.63) is 52.3 Å². The summed E-state index contributed by atoms with van der Waals surface area (Å²) in [7, 11) is 0. The van der Waals surface area contributed by atoms with Crippen LogP contribution in [0.25, 0.3) is 0 Å². The number of imide groups is 1. The van der Waals surface area contributed by atoms with Crippen LogP contribution in [0.15, 0.2) is 47.2 Å². The van der Waals surface area contributed by atoms with Crippen molar-refractivity contribution < 1.29 is 14.0 Å². The minimum atomic E-state index is -0.931. The Hall–Kier alpha value is -1.98. The molecule has 1 aromatic rings. The van der Waals surface area contributed by atoms with E-state index >= 15 is 0 Å². The number of amides is 3. The molecule has 3 rings (SSSR count). The van der Waals surface area contributed by atoms with Crippen molar-refractivity contribution in [2.24, 2.45) is 10.9 Å². The molecule has 3 amide bonds. The van der Waals surface area contributed by atoms with Crippen LogP contribution in [0.5, 0.6) is 0 Å². The molecule has 0 spiro atoms. The van der Waals surface area contributed by atoms with Gasteiger partial charge in [-0.1, -0.05) is 23.2 Å². The number of carbonyl (C=O) groups excluding carboxylic acids is 2. The Kier molecular flexibility index (Phi) is 3.39. The van der Waals surface area contributed by atoms with Gasteiger partial charge in [0.05, 0.1) is 16.4 Å². The van der Waals surface area contributed by atoms with Crippen molar-refractivity contribution in [2.45, 2.75) is 0 Å². The highest BCUT2D eigenvalue weighted by molar-refractivity contribution is 6.39. The predicted molar refractivity (Wildman–Crippen MR) is 78.6 cm³/mol. The number of allylic oxidation sites excluding steroid dienone is 3. The maximum absolute atomic E-state index is 13.3. The Morgan fingerprint density at radius 3 is 2.67 bits per heavy atom. The van der Waals surface area contributed by atoms with Crippen LogP contribution >= 0.6 is 23.2 Å². The molecule has 1 aliphatic heterocycles. The van der Waals surface area contributed by atoms with Crippen LogP contribution in [0.2, 0.25) is 10.0 Å². The fourth-order valence-electron chi connectivity index (χ4n) is 2.15. The van der Waals surface area contributed by atoms with Gasteiger partial charge in [-0.3, -0.25) is 4.79 Å². The first-order chi connectivity index (χ1) is 9.97. The summed E-state index contributed by atoms with van der Waals surface area (Å²) in [6.45, 7) is 0. The lowest BCUT2D eigenvalue weighted by molar-refractivity contribution is -0.118. The zero-order valence-corrected chi connectivity index (χ0v) is 11.9. The Bertz CT molecular complexity index is 755. The van der Waals surface area contributed by atoms with E-state index in [2.05, 4.69) is 4.99 Å². The van der Waals surface area contributed by atoms with Gasteiger partial charge in [-0.05, 0) is 36.4 Å². The van der Waals surface area contributed by atoms with E-state index in [9.17, 15) is 14.0 Å². The van der Waals surface area contributed by atoms with Crippen LogP contribution in [0.1, 0.15) is 0 Å². The van der Waals surface area contributed by atoms with Crippen LogP contribution in [0.3, 0.4) is 0 Å². The third kappa shape index (κ3) is 2.39. The molecule has 0 saturated heterocycles. The average molecular weight is 325 g/mol. The summed E-state index contributed by atoms with van der Waals surface area (Å²) in [6, 6.07) is 3.59. The van der Waals surface area contributed by atoms with Gasteiger partial charge in [0.2, 0.25) is 5.91 Å². The van der Waals surface area contributed by atoms with E-state index in [0.717, 1.165) is 17.1 Å². The molecule has 1 unspecified atom stereocenters. The molecular weight excluding hydrogens is 318 g/mol. The van der Waals surface area contributed by atoms with E-state index in [1.54, 1.807) is 0 Å². The molecule has 4 nitrogen and oxygen atoms in total. The van der Waals surface area contributed by atoms with Crippen molar-refractivity contribution >= 4 is 46.5 Å². The molecule has 1 atom stereocenters. The largest absolute Gasteiger partial charge is 0.355 e. The molecular formula is C14H7Cl2FN2O2. The monoisotopic (exact) mass is 324 g/mol. The van der Waals surface area contributed by atoms with Crippen molar-refractivity contribution in [3.8, 4) is 0 Å². The summed E-state index contributed by atoms with van der Waals surface area (Å²) < 4.78 is 13.3. The van der Waals surface area contributed by atoms with E-state index in [-0.39, 0.29) is 16.4 Å². The molecule has 0 fully saturated rings. The molecule has 7 heteroatoms. The fraction of sp³-hybridized carbons (Fsp3) is 0.0714. The lowest BCUT2D eigenvalue weighted by Gasteiger charge is -2.28. The standard InChI is InChI=1S/C14H7Cl2FN2O2/c15-7-1-4-12(10(16)5-7)19-13(20)9-6-8(17)2-3-11(9)18-14(19)21/h1-6,9H. The number of fused-ring (bicyclic) bond motifs is 1. The molecule has 1 aromatic carbocycles. The Labute approximate surface area is 129 Å². The fourth-order valence-corrected chi connectivity index (χ4v) is 2.64. The van der Waals surface area contributed by atoms with Crippen LogP contribution in [0, 0.1) is 5.92 Å². The first kappa shape index (κ1) is 14.0. The summed E-state index contributed by atoms with van der Waals surface area (Å²) in [5.74, 6) is -2.09. The molecule has 0 saturated carbocycles. The highest BCUT2D eigenvalue weighted by Crippen LogP contribution is 2.33. The minimum Gasteiger partial charge on any atom is -0.273 e. The second-order valence-electron chi connectivity index (χ2n) is 4.45. The zero-order valence-electron chi connectivity index (χ0n) is 10.4. The van der Waals surface area contributed by atoms with E-state index in [0.29, 0.717) is 5.02 Å². The summed E-state index contributed by atoms with van der Waals surface area (Å²) >= 11 is 11.8. The number of carbonyl (C=O) groups is 2. The number of hydrogen-bond acceptors (Lipinski definition) is 2. The smallest absolute Gasteiger partial charge is 0.273 e. The van der Waals surface area contributed by atoms with Gasteiger partial charge in [0.25, 0.3) is 0 Å². The van der Waals surface area contributed by atoms with Gasteiger partial charge < -0.3 is 0 Å². The van der Waals surface area contributed by atoms with Gasteiger partial charge in [-0.2, -0.15) is 4.99 Å². The van der Waals surface area contributed by atoms with Gasteiger partial charge in [0.15, 0.2) is 0 Å². The molecule has 0 bridgehead atoms. The number of benzene rings is 1. The molecule has 1 heterocycles. The van der Waals surface area contributed by atoms with Gasteiger partial charge in [-0.25, -0.2) is 14.1 Å². The Balaban J connectivity index is 2.08. The van der Waals surface area contributed by atoms with Gasteiger partial charge >= 0.3 is 6.03 Å². The van der Waals surface area contributed by atoms with Gasteiger partial charge in [-0.15, -0.1) is 0 Å². The highest BCUT2D eigenvalue weighted by Gasteiger charge is 2.38. The number of hydrogen-bond donors (Lipinski definition) is 0. The summed E-state index contributed by atoms with van der Waals surface area (Å²) in [6.07, 6.45) is 3.59. The number of nitrogens with zero attached hydrogens (tertiary/aromatic N) is 2. The Morgan fingerprint density at radius 1 is 1.19 bits per heavy atom. The highest BCUT2D eigenvalue weighted by atomic mass is 35.5. The number of urea groups is 1. The SMILES string of the molecule is O=C1N=C2C=CC(F)=CC2C(=O)N1c1ccc(Cl)cc1Cl. The quantitative estimate of drug-likeness (QED) is 0.785. The van der Waals surface area contributed by atoms with Crippen molar-refractivity contribution in [1.29, 1.82) is 0 Å². The van der Waals surface area contributed by atoms with Crippen LogP contribution in [-0.2, 0) is 4.79 Å². The maximum atomic E-state index is 13.3. The molecule has 0 aromatic heterocycles. The third-order valence-corrected chi connectivity index (χ3v) is 3.65. The number of anilines is 1. The summed E-state index contributed by atoms with van der Waals surface area (Å²) in [5.41, 5.74) is 0.384. The van der Waals surface area contributed by atoms with Crippen LogP contribution in [-0.4, -0.2) is 17.6 Å². The number of rotatable bonds is 1. The van der Waals surface area contributed by atoms with E-state index in [4.69, 9.17) is 23.2 Å². The third-order valence-electron chi connectivity index (χ3n) is 3.11. The predicted octanol–water partition coefficient (Wildman–Crippen LogP) is 3.94. The number of aliphatic imine (C=N–C) groups is 1. The topological polar surface area (TPSA) is 49.7 Å².